The topological polar surface area (TPSA) is 47.3 Å². The van der Waals surface area contributed by atoms with Gasteiger partial charge >= 0.3 is 0 Å². The van der Waals surface area contributed by atoms with Crippen LogP contribution >= 0.6 is 15.9 Å². The molecule has 5 heteroatoms. The van der Waals surface area contributed by atoms with E-state index in [9.17, 15) is 4.39 Å². The number of hydrazine groups is 1. The monoisotopic (exact) mass is 338 g/mol. The molecule has 0 aromatic heterocycles. The second kappa shape index (κ2) is 6.83. The summed E-state index contributed by atoms with van der Waals surface area (Å²) in [7, 11) is 1.64. The van der Waals surface area contributed by atoms with Gasteiger partial charge in [-0.3, -0.25) is 11.3 Å². The maximum atomic E-state index is 13.2. The molecule has 1 atom stereocenters. The van der Waals surface area contributed by atoms with Gasteiger partial charge in [-0.2, -0.15) is 0 Å². The average molecular weight is 339 g/mol. The summed E-state index contributed by atoms with van der Waals surface area (Å²) in [5, 5.41) is 0. The molecule has 0 spiro atoms. The third-order valence-corrected chi connectivity index (χ3v) is 3.84. The van der Waals surface area contributed by atoms with E-state index in [1.54, 1.807) is 13.2 Å². The van der Waals surface area contributed by atoms with Crippen LogP contribution in [0.4, 0.5) is 4.39 Å². The Morgan fingerprint density at radius 1 is 1.30 bits per heavy atom. The number of para-hydroxylation sites is 1. The van der Waals surface area contributed by atoms with Gasteiger partial charge in [-0.25, -0.2) is 4.39 Å². The molecule has 0 bridgehead atoms. The molecule has 0 saturated carbocycles. The van der Waals surface area contributed by atoms with E-state index < -0.39 is 0 Å². The predicted molar refractivity (Wildman–Crippen MR) is 80.9 cm³/mol. The smallest absolute Gasteiger partial charge is 0.124 e. The van der Waals surface area contributed by atoms with E-state index in [-0.39, 0.29) is 11.9 Å². The molecular weight excluding hydrogens is 323 g/mol. The molecule has 0 aliphatic heterocycles. The number of ether oxygens (including phenoxy) is 1. The maximum absolute atomic E-state index is 13.2. The highest BCUT2D eigenvalue weighted by atomic mass is 79.9. The van der Waals surface area contributed by atoms with E-state index in [0.29, 0.717) is 10.9 Å². The summed E-state index contributed by atoms with van der Waals surface area (Å²) in [5.41, 5.74) is 4.71. The highest BCUT2D eigenvalue weighted by Gasteiger charge is 2.16. The van der Waals surface area contributed by atoms with E-state index in [4.69, 9.17) is 10.6 Å². The molecule has 106 valence electrons. The molecule has 0 fully saturated rings. The summed E-state index contributed by atoms with van der Waals surface area (Å²) in [6, 6.07) is 12.2. The summed E-state index contributed by atoms with van der Waals surface area (Å²) in [4.78, 5) is 0. The molecule has 2 aromatic rings. The van der Waals surface area contributed by atoms with Crippen LogP contribution < -0.4 is 16.0 Å². The van der Waals surface area contributed by atoms with Crippen molar-refractivity contribution in [2.45, 2.75) is 12.5 Å². The molecule has 2 rings (SSSR count). The molecule has 0 radical (unpaired) electrons. The van der Waals surface area contributed by atoms with Crippen molar-refractivity contribution in [1.82, 2.24) is 5.43 Å². The fourth-order valence-electron chi connectivity index (χ4n) is 2.13. The number of nitrogens with two attached hydrogens (primary N) is 1. The first kappa shape index (κ1) is 15.0. The Kier molecular flexibility index (Phi) is 5.11. The summed E-state index contributed by atoms with van der Waals surface area (Å²) in [6.45, 7) is 0. The van der Waals surface area contributed by atoms with E-state index in [1.165, 1.54) is 12.1 Å². The van der Waals surface area contributed by atoms with Gasteiger partial charge in [0.15, 0.2) is 0 Å². The lowest BCUT2D eigenvalue weighted by atomic mass is 9.99. The third kappa shape index (κ3) is 3.36. The molecule has 0 heterocycles. The minimum Gasteiger partial charge on any atom is -0.496 e. The Morgan fingerprint density at radius 2 is 2.05 bits per heavy atom. The maximum Gasteiger partial charge on any atom is 0.124 e. The Balaban J connectivity index is 2.29. The second-order valence-corrected chi connectivity index (χ2v) is 5.26. The first-order chi connectivity index (χ1) is 9.65. The number of benzene rings is 2. The highest BCUT2D eigenvalue weighted by molar-refractivity contribution is 9.10. The van der Waals surface area contributed by atoms with Crippen molar-refractivity contribution in [2.75, 3.05) is 7.11 Å². The zero-order chi connectivity index (χ0) is 14.5. The summed E-state index contributed by atoms with van der Waals surface area (Å²) < 4.78 is 19.2. The number of methoxy groups -OCH3 is 1. The van der Waals surface area contributed by atoms with Gasteiger partial charge in [0, 0.05) is 4.47 Å². The Hall–Kier alpha value is -1.43. The van der Waals surface area contributed by atoms with Gasteiger partial charge in [0.05, 0.1) is 13.2 Å². The number of halogens is 2. The third-order valence-electron chi connectivity index (χ3n) is 3.16. The number of hydrogen-bond acceptors (Lipinski definition) is 3. The zero-order valence-electron chi connectivity index (χ0n) is 11.1. The second-order valence-electron chi connectivity index (χ2n) is 4.40. The SMILES string of the molecule is COc1ccccc1CC(NN)c1ccc(F)cc1Br. The van der Waals surface area contributed by atoms with Crippen molar-refractivity contribution < 1.29 is 9.13 Å². The first-order valence-corrected chi connectivity index (χ1v) is 6.98. The van der Waals surface area contributed by atoms with Crippen molar-refractivity contribution >= 4 is 15.9 Å². The molecule has 0 amide bonds. The van der Waals surface area contributed by atoms with Crippen LogP contribution in [-0.2, 0) is 6.42 Å². The van der Waals surface area contributed by atoms with E-state index >= 15 is 0 Å². The Labute approximate surface area is 126 Å². The average Bonchev–Trinajstić information content (AvgIpc) is 2.46. The van der Waals surface area contributed by atoms with Gasteiger partial charge < -0.3 is 4.74 Å². The number of nitrogens with one attached hydrogen (secondary N) is 1. The van der Waals surface area contributed by atoms with Crippen molar-refractivity contribution in [2.24, 2.45) is 5.84 Å². The molecular formula is C15H16BrFN2O. The Morgan fingerprint density at radius 3 is 2.70 bits per heavy atom. The number of rotatable bonds is 5. The fraction of sp³-hybridized carbons (Fsp3) is 0.200. The predicted octanol–water partition coefficient (Wildman–Crippen LogP) is 3.34. The van der Waals surface area contributed by atoms with Crippen molar-refractivity contribution in [3.8, 4) is 5.75 Å². The van der Waals surface area contributed by atoms with Crippen LogP contribution in [0.1, 0.15) is 17.2 Å². The van der Waals surface area contributed by atoms with Gasteiger partial charge in [0.25, 0.3) is 0 Å². The number of hydrogen-bond donors (Lipinski definition) is 2. The van der Waals surface area contributed by atoms with Crippen LogP contribution in [0.3, 0.4) is 0 Å². The molecule has 1 unspecified atom stereocenters. The van der Waals surface area contributed by atoms with Crippen molar-refractivity contribution in [3.05, 3.63) is 63.9 Å². The molecule has 0 aliphatic rings. The summed E-state index contributed by atoms with van der Waals surface area (Å²) in [5.74, 6) is 6.17. The van der Waals surface area contributed by atoms with Crippen LogP contribution in [0.2, 0.25) is 0 Å². The molecule has 20 heavy (non-hydrogen) atoms. The molecule has 3 nitrogen and oxygen atoms in total. The molecule has 2 aromatic carbocycles. The van der Waals surface area contributed by atoms with E-state index in [2.05, 4.69) is 21.4 Å². The molecule has 0 saturated heterocycles. The largest absolute Gasteiger partial charge is 0.496 e. The lowest BCUT2D eigenvalue weighted by Gasteiger charge is -2.19. The molecule has 3 N–H and O–H groups in total. The lowest BCUT2D eigenvalue weighted by molar-refractivity contribution is 0.405. The van der Waals surface area contributed by atoms with Crippen LogP contribution in [0.25, 0.3) is 0 Å². The fourth-order valence-corrected chi connectivity index (χ4v) is 2.76. The van der Waals surface area contributed by atoms with Crippen molar-refractivity contribution in [3.63, 3.8) is 0 Å². The van der Waals surface area contributed by atoms with E-state index in [1.807, 2.05) is 24.3 Å². The van der Waals surface area contributed by atoms with Crippen LogP contribution in [0, 0.1) is 5.82 Å². The van der Waals surface area contributed by atoms with Crippen LogP contribution in [-0.4, -0.2) is 7.11 Å². The summed E-state index contributed by atoms with van der Waals surface area (Å²) in [6.07, 6.45) is 0.644. The van der Waals surface area contributed by atoms with Crippen LogP contribution in [0.5, 0.6) is 5.75 Å². The Bertz CT molecular complexity index is 592. The van der Waals surface area contributed by atoms with Gasteiger partial charge in [0.2, 0.25) is 0 Å². The standard InChI is InChI=1S/C15H16BrFN2O/c1-20-15-5-3-2-4-10(15)8-14(19-18)12-7-6-11(17)9-13(12)16/h2-7,9,14,19H,8,18H2,1H3. The summed E-state index contributed by atoms with van der Waals surface area (Å²) >= 11 is 3.37. The minimum atomic E-state index is -0.284. The van der Waals surface area contributed by atoms with Gasteiger partial charge in [0.1, 0.15) is 11.6 Å². The van der Waals surface area contributed by atoms with Gasteiger partial charge in [-0.15, -0.1) is 0 Å². The first-order valence-electron chi connectivity index (χ1n) is 6.18. The van der Waals surface area contributed by atoms with Crippen molar-refractivity contribution in [1.29, 1.82) is 0 Å². The quantitative estimate of drug-likeness (QED) is 0.649. The van der Waals surface area contributed by atoms with Gasteiger partial charge in [-0.1, -0.05) is 40.2 Å². The zero-order valence-corrected chi connectivity index (χ0v) is 12.7. The molecule has 0 aliphatic carbocycles. The highest BCUT2D eigenvalue weighted by Crippen LogP contribution is 2.29. The lowest BCUT2D eigenvalue weighted by Crippen LogP contribution is -2.30. The van der Waals surface area contributed by atoms with E-state index in [0.717, 1.165) is 16.9 Å². The van der Waals surface area contributed by atoms with Crippen LogP contribution in [0.15, 0.2) is 46.9 Å². The normalized spacial score (nSPS) is 12.2. The van der Waals surface area contributed by atoms with Gasteiger partial charge in [-0.05, 0) is 35.7 Å². The minimum absolute atomic E-state index is 0.138.